The Labute approximate surface area is 107 Å². The van der Waals surface area contributed by atoms with Crippen molar-refractivity contribution < 1.29 is 19.0 Å². The molecule has 2 N–H and O–H groups in total. The summed E-state index contributed by atoms with van der Waals surface area (Å²) in [7, 11) is 1.32. The molecule has 0 unspecified atom stereocenters. The van der Waals surface area contributed by atoms with E-state index in [1.54, 1.807) is 6.07 Å². The van der Waals surface area contributed by atoms with Gasteiger partial charge in [0.25, 0.3) is 0 Å². The first kappa shape index (κ1) is 14.3. The van der Waals surface area contributed by atoms with Gasteiger partial charge in [0.15, 0.2) is 6.61 Å². The van der Waals surface area contributed by atoms with Crippen molar-refractivity contribution in [3.8, 4) is 11.5 Å². The van der Waals surface area contributed by atoms with Crippen LogP contribution in [0.1, 0.15) is 18.9 Å². The van der Waals surface area contributed by atoms with Gasteiger partial charge in [-0.25, -0.2) is 4.79 Å². The standard InChI is InChI=1S/C13H19NO4/c1-3-6-17-11-5-4-10(8-14)12(7-11)18-9-13(15)16-2/h4-5,7H,3,6,8-9,14H2,1-2H3. The minimum atomic E-state index is -0.433. The Kier molecular flexibility index (Phi) is 6.00. The quantitative estimate of drug-likeness (QED) is 0.745. The number of carbonyl (C=O) groups is 1. The molecule has 18 heavy (non-hydrogen) atoms. The number of esters is 1. The van der Waals surface area contributed by atoms with Crippen LogP contribution in [0.3, 0.4) is 0 Å². The molecule has 0 aliphatic rings. The average Bonchev–Trinajstić information content (AvgIpc) is 2.42. The van der Waals surface area contributed by atoms with E-state index in [2.05, 4.69) is 4.74 Å². The Hall–Kier alpha value is -1.75. The van der Waals surface area contributed by atoms with Crippen molar-refractivity contribution >= 4 is 5.97 Å². The molecule has 0 radical (unpaired) electrons. The molecule has 0 aliphatic heterocycles. The Bertz CT molecular complexity index is 393. The third kappa shape index (κ3) is 4.25. The number of carbonyl (C=O) groups excluding carboxylic acids is 1. The molecule has 5 heteroatoms. The van der Waals surface area contributed by atoms with Crippen LogP contribution in [0, 0.1) is 0 Å². The van der Waals surface area contributed by atoms with Crippen LogP contribution in [-0.4, -0.2) is 26.3 Å². The smallest absolute Gasteiger partial charge is 0.343 e. The second kappa shape index (κ2) is 7.55. The lowest BCUT2D eigenvalue weighted by molar-refractivity contribution is -0.142. The SMILES string of the molecule is CCCOc1ccc(CN)c(OCC(=O)OC)c1. The van der Waals surface area contributed by atoms with Crippen LogP contribution in [0.5, 0.6) is 11.5 Å². The molecule has 0 amide bonds. The van der Waals surface area contributed by atoms with Crippen LogP contribution < -0.4 is 15.2 Å². The number of hydrogen-bond donors (Lipinski definition) is 1. The molecule has 0 heterocycles. The Morgan fingerprint density at radius 1 is 1.33 bits per heavy atom. The number of rotatable bonds is 7. The van der Waals surface area contributed by atoms with Crippen molar-refractivity contribution in [3.05, 3.63) is 23.8 Å². The summed E-state index contributed by atoms with van der Waals surface area (Å²) in [6.45, 7) is 2.87. The summed E-state index contributed by atoms with van der Waals surface area (Å²) in [5, 5.41) is 0. The van der Waals surface area contributed by atoms with Crippen molar-refractivity contribution in [1.29, 1.82) is 0 Å². The normalized spacial score (nSPS) is 9.94. The summed E-state index contributed by atoms with van der Waals surface area (Å²) in [6, 6.07) is 5.40. The van der Waals surface area contributed by atoms with Gasteiger partial charge in [-0.15, -0.1) is 0 Å². The Morgan fingerprint density at radius 2 is 2.11 bits per heavy atom. The van der Waals surface area contributed by atoms with Crippen LogP contribution in [0.2, 0.25) is 0 Å². The lowest BCUT2D eigenvalue weighted by Crippen LogP contribution is -2.14. The molecule has 1 aromatic carbocycles. The molecule has 0 aromatic heterocycles. The zero-order valence-electron chi connectivity index (χ0n) is 10.8. The monoisotopic (exact) mass is 253 g/mol. The Morgan fingerprint density at radius 3 is 2.72 bits per heavy atom. The van der Waals surface area contributed by atoms with Gasteiger partial charge in [-0.3, -0.25) is 0 Å². The topological polar surface area (TPSA) is 70.8 Å². The molecule has 0 aliphatic carbocycles. The van der Waals surface area contributed by atoms with E-state index in [0.717, 1.165) is 12.0 Å². The van der Waals surface area contributed by atoms with Gasteiger partial charge in [-0.05, 0) is 12.5 Å². The zero-order valence-corrected chi connectivity index (χ0v) is 10.8. The fraction of sp³-hybridized carbons (Fsp3) is 0.462. The summed E-state index contributed by atoms with van der Waals surface area (Å²) in [5.41, 5.74) is 6.42. The maximum atomic E-state index is 11.0. The molecular formula is C13H19NO4. The van der Waals surface area contributed by atoms with E-state index in [9.17, 15) is 4.79 Å². The predicted molar refractivity (Wildman–Crippen MR) is 67.6 cm³/mol. The fourth-order valence-electron chi connectivity index (χ4n) is 1.34. The van der Waals surface area contributed by atoms with Gasteiger partial charge in [-0.1, -0.05) is 13.0 Å². The highest BCUT2D eigenvalue weighted by atomic mass is 16.6. The molecule has 0 saturated heterocycles. The highest BCUT2D eigenvalue weighted by Crippen LogP contribution is 2.24. The van der Waals surface area contributed by atoms with Crippen molar-refractivity contribution in [2.24, 2.45) is 5.73 Å². The van der Waals surface area contributed by atoms with Gasteiger partial charge >= 0.3 is 5.97 Å². The summed E-state index contributed by atoms with van der Waals surface area (Å²) in [4.78, 5) is 11.0. The van der Waals surface area contributed by atoms with Crippen LogP contribution in [0.25, 0.3) is 0 Å². The molecule has 0 saturated carbocycles. The van der Waals surface area contributed by atoms with Gasteiger partial charge in [0, 0.05) is 18.2 Å². The van der Waals surface area contributed by atoms with Crippen LogP contribution in [0.15, 0.2) is 18.2 Å². The first-order valence-corrected chi connectivity index (χ1v) is 5.86. The molecular weight excluding hydrogens is 234 g/mol. The van der Waals surface area contributed by atoms with E-state index < -0.39 is 5.97 Å². The molecule has 0 spiro atoms. The third-order valence-corrected chi connectivity index (χ3v) is 2.30. The van der Waals surface area contributed by atoms with E-state index in [-0.39, 0.29) is 6.61 Å². The van der Waals surface area contributed by atoms with Crippen LogP contribution >= 0.6 is 0 Å². The maximum absolute atomic E-state index is 11.0. The lowest BCUT2D eigenvalue weighted by Gasteiger charge is -2.12. The first-order chi connectivity index (χ1) is 8.71. The van der Waals surface area contributed by atoms with Gasteiger partial charge in [-0.2, -0.15) is 0 Å². The molecule has 100 valence electrons. The second-order valence-electron chi connectivity index (χ2n) is 3.69. The third-order valence-electron chi connectivity index (χ3n) is 2.30. The lowest BCUT2D eigenvalue weighted by atomic mass is 10.2. The molecule has 0 atom stereocenters. The average molecular weight is 253 g/mol. The van der Waals surface area contributed by atoms with Gasteiger partial charge in [0.05, 0.1) is 13.7 Å². The largest absolute Gasteiger partial charge is 0.493 e. The minimum absolute atomic E-state index is 0.138. The van der Waals surface area contributed by atoms with E-state index in [1.807, 2.05) is 19.1 Å². The summed E-state index contributed by atoms with van der Waals surface area (Å²) < 4.78 is 15.4. The summed E-state index contributed by atoms with van der Waals surface area (Å²) in [6.07, 6.45) is 0.928. The number of benzene rings is 1. The Balaban J connectivity index is 2.74. The van der Waals surface area contributed by atoms with Gasteiger partial charge in [0.2, 0.25) is 0 Å². The summed E-state index contributed by atoms with van der Waals surface area (Å²) >= 11 is 0. The molecule has 0 fully saturated rings. The summed E-state index contributed by atoms with van der Waals surface area (Å²) in [5.74, 6) is 0.822. The maximum Gasteiger partial charge on any atom is 0.343 e. The molecule has 1 rings (SSSR count). The first-order valence-electron chi connectivity index (χ1n) is 5.86. The molecule has 1 aromatic rings. The number of methoxy groups -OCH3 is 1. The number of nitrogens with two attached hydrogens (primary N) is 1. The highest BCUT2D eigenvalue weighted by molar-refractivity contribution is 5.71. The van der Waals surface area contributed by atoms with Crippen LogP contribution in [-0.2, 0) is 16.1 Å². The zero-order chi connectivity index (χ0) is 13.4. The highest BCUT2D eigenvalue weighted by Gasteiger charge is 2.08. The van der Waals surface area contributed by atoms with E-state index in [1.165, 1.54) is 7.11 Å². The van der Waals surface area contributed by atoms with E-state index in [4.69, 9.17) is 15.2 Å². The van der Waals surface area contributed by atoms with Gasteiger partial charge in [0.1, 0.15) is 11.5 Å². The van der Waals surface area contributed by atoms with Crippen molar-refractivity contribution in [3.63, 3.8) is 0 Å². The van der Waals surface area contributed by atoms with E-state index >= 15 is 0 Å². The van der Waals surface area contributed by atoms with Crippen molar-refractivity contribution in [1.82, 2.24) is 0 Å². The molecule has 5 nitrogen and oxygen atoms in total. The van der Waals surface area contributed by atoms with Gasteiger partial charge < -0.3 is 19.9 Å². The van der Waals surface area contributed by atoms with Crippen molar-refractivity contribution in [2.45, 2.75) is 19.9 Å². The second-order valence-corrected chi connectivity index (χ2v) is 3.69. The fourth-order valence-corrected chi connectivity index (χ4v) is 1.34. The van der Waals surface area contributed by atoms with Crippen LogP contribution in [0.4, 0.5) is 0 Å². The van der Waals surface area contributed by atoms with E-state index in [0.29, 0.717) is 24.7 Å². The minimum Gasteiger partial charge on any atom is -0.493 e. The predicted octanol–water partition coefficient (Wildman–Crippen LogP) is 1.49. The van der Waals surface area contributed by atoms with Crippen molar-refractivity contribution in [2.75, 3.05) is 20.3 Å². The number of hydrogen-bond acceptors (Lipinski definition) is 5. The number of ether oxygens (including phenoxy) is 3. The molecule has 0 bridgehead atoms.